The van der Waals surface area contributed by atoms with E-state index in [1.54, 1.807) is 0 Å². The molecular weight excluding hydrogens is 128 g/mol. The minimum absolute atomic E-state index is 0.808. The van der Waals surface area contributed by atoms with Crippen LogP contribution in [-0.2, 0) is 0 Å². The van der Waals surface area contributed by atoms with Gasteiger partial charge in [-0.05, 0) is 19.4 Å². The Morgan fingerprint density at radius 1 is 1.00 bits per heavy atom. The van der Waals surface area contributed by atoms with E-state index in [9.17, 15) is 0 Å². The lowest BCUT2D eigenvalue weighted by Gasteiger charge is -2.00. The van der Waals surface area contributed by atoms with E-state index in [1.807, 2.05) is 0 Å². The molecule has 0 saturated carbocycles. The molecule has 0 aromatic carbocycles. The second kappa shape index (κ2) is 8.84. The largest absolute Gasteiger partial charge is 0.330 e. The summed E-state index contributed by atoms with van der Waals surface area (Å²) in [5, 5.41) is 0. The third kappa shape index (κ3) is 7.84. The summed E-state index contributed by atoms with van der Waals surface area (Å²) < 4.78 is 0. The van der Waals surface area contributed by atoms with Crippen molar-refractivity contribution in [1.29, 1.82) is 0 Å². The Morgan fingerprint density at radius 2 is 1.70 bits per heavy atom. The molecule has 0 heterocycles. The number of hydrogen-bond donors (Lipinski definition) is 4. The minimum atomic E-state index is 0.808. The summed E-state index contributed by atoms with van der Waals surface area (Å²) in [6.45, 7) is 1.74. The zero-order valence-corrected chi connectivity index (χ0v) is 6.40. The molecule has 0 saturated heterocycles. The van der Waals surface area contributed by atoms with E-state index in [-0.39, 0.29) is 0 Å². The molecule has 0 spiro atoms. The lowest BCUT2D eigenvalue weighted by molar-refractivity contribution is 0.518. The lowest BCUT2D eigenvalue weighted by atomic mass is 10.2. The lowest BCUT2D eigenvalue weighted by Crippen LogP contribution is -2.38. The van der Waals surface area contributed by atoms with Gasteiger partial charge in [0.15, 0.2) is 0 Å². The first kappa shape index (κ1) is 9.84. The quantitative estimate of drug-likeness (QED) is 0.221. The third-order valence-electron chi connectivity index (χ3n) is 1.36. The van der Waals surface area contributed by atoms with Crippen molar-refractivity contribution in [1.82, 2.24) is 11.0 Å². The Balaban J connectivity index is 2.65. The second-order valence-corrected chi connectivity index (χ2v) is 2.27. The maximum atomic E-state index is 5.32. The molecule has 0 amide bonds. The van der Waals surface area contributed by atoms with Crippen LogP contribution in [0.1, 0.15) is 25.7 Å². The van der Waals surface area contributed by atoms with Crippen molar-refractivity contribution in [3.8, 4) is 0 Å². The molecule has 0 aromatic heterocycles. The Morgan fingerprint density at radius 3 is 2.30 bits per heavy atom. The predicted molar refractivity (Wildman–Crippen MR) is 42.8 cm³/mol. The molecule has 0 aromatic rings. The average Bonchev–Trinajstić information content (AvgIpc) is 1.97. The van der Waals surface area contributed by atoms with Crippen molar-refractivity contribution >= 4 is 0 Å². The number of nitrogens with two attached hydrogens (primary N) is 2. The van der Waals surface area contributed by atoms with Crippen LogP contribution in [0.3, 0.4) is 0 Å². The summed E-state index contributed by atoms with van der Waals surface area (Å²) in [5.74, 6) is 4.99. The van der Waals surface area contributed by atoms with E-state index in [1.165, 1.54) is 12.8 Å². The Kier molecular flexibility index (Phi) is 8.70. The normalized spacial score (nSPS) is 10.2. The average molecular weight is 146 g/mol. The highest BCUT2D eigenvalue weighted by atomic mass is 15.5. The summed E-state index contributed by atoms with van der Waals surface area (Å²) in [6.07, 6.45) is 4.74. The van der Waals surface area contributed by atoms with Crippen molar-refractivity contribution in [3.63, 3.8) is 0 Å². The number of rotatable bonds is 7. The van der Waals surface area contributed by atoms with Gasteiger partial charge in [-0.15, -0.1) is 0 Å². The third-order valence-corrected chi connectivity index (χ3v) is 1.36. The molecule has 62 valence electrons. The van der Waals surface area contributed by atoms with Crippen molar-refractivity contribution in [3.05, 3.63) is 0 Å². The molecule has 0 fully saturated rings. The molecule has 0 aliphatic carbocycles. The van der Waals surface area contributed by atoms with Crippen molar-refractivity contribution in [2.75, 3.05) is 13.1 Å². The Labute approximate surface area is 62.3 Å². The van der Waals surface area contributed by atoms with Gasteiger partial charge in [-0.1, -0.05) is 12.8 Å². The summed E-state index contributed by atoms with van der Waals surface area (Å²) in [5.41, 5.74) is 10.5. The fraction of sp³-hybridized carbons (Fsp3) is 1.00. The molecule has 4 nitrogen and oxygen atoms in total. The fourth-order valence-electron chi connectivity index (χ4n) is 0.783. The van der Waals surface area contributed by atoms with E-state index in [4.69, 9.17) is 11.6 Å². The van der Waals surface area contributed by atoms with Crippen molar-refractivity contribution < 1.29 is 0 Å². The number of hydrogen-bond acceptors (Lipinski definition) is 4. The van der Waals surface area contributed by atoms with Crippen LogP contribution in [0.5, 0.6) is 0 Å². The summed E-state index contributed by atoms with van der Waals surface area (Å²) in [7, 11) is 0. The van der Waals surface area contributed by atoms with Gasteiger partial charge in [-0.2, -0.15) is 5.53 Å². The van der Waals surface area contributed by atoms with Crippen molar-refractivity contribution in [2.45, 2.75) is 25.7 Å². The fourth-order valence-corrected chi connectivity index (χ4v) is 0.783. The minimum Gasteiger partial charge on any atom is -0.330 e. The maximum absolute atomic E-state index is 5.32. The summed E-state index contributed by atoms with van der Waals surface area (Å²) in [6, 6.07) is 0. The molecule has 6 N–H and O–H groups in total. The van der Waals surface area contributed by atoms with Crippen LogP contribution in [0.4, 0.5) is 0 Å². The highest BCUT2D eigenvalue weighted by Gasteiger charge is 1.86. The van der Waals surface area contributed by atoms with Gasteiger partial charge in [0.2, 0.25) is 0 Å². The Hall–Kier alpha value is -0.160. The standard InChI is InChI=1S/C6H18N4/c7-5-3-1-2-4-6-9-10-8/h9-10H,1-8H2. The van der Waals surface area contributed by atoms with Gasteiger partial charge < -0.3 is 5.73 Å². The van der Waals surface area contributed by atoms with Gasteiger partial charge in [-0.3, -0.25) is 5.84 Å². The van der Waals surface area contributed by atoms with E-state index >= 15 is 0 Å². The van der Waals surface area contributed by atoms with Gasteiger partial charge in [0.1, 0.15) is 0 Å². The monoisotopic (exact) mass is 146 g/mol. The molecule has 4 heteroatoms. The molecule has 0 radical (unpaired) electrons. The molecular formula is C6H18N4. The zero-order valence-electron chi connectivity index (χ0n) is 6.40. The van der Waals surface area contributed by atoms with Crippen LogP contribution in [0.2, 0.25) is 0 Å². The summed E-state index contributed by atoms with van der Waals surface area (Å²) >= 11 is 0. The van der Waals surface area contributed by atoms with Crippen LogP contribution in [0, 0.1) is 0 Å². The van der Waals surface area contributed by atoms with E-state index < -0.39 is 0 Å². The maximum Gasteiger partial charge on any atom is 0.0113 e. The van der Waals surface area contributed by atoms with Gasteiger partial charge in [-0.25, -0.2) is 5.43 Å². The van der Waals surface area contributed by atoms with Crippen LogP contribution in [-0.4, -0.2) is 13.1 Å². The van der Waals surface area contributed by atoms with Gasteiger partial charge in [0.05, 0.1) is 0 Å². The van der Waals surface area contributed by atoms with E-state index in [2.05, 4.69) is 11.0 Å². The van der Waals surface area contributed by atoms with Crippen LogP contribution in [0.25, 0.3) is 0 Å². The highest BCUT2D eigenvalue weighted by molar-refractivity contribution is 4.44. The van der Waals surface area contributed by atoms with Gasteiger partial charge >= 0.3 is 0 Å². The molecule has 0 rings (SSSR count). The predicted octanol–water partition coefficient (Wildman–Crippen LogP) is -0.527. The summed E-state index contributed by atoms with van der Waals surface area (Å²) in [4.78, 5) is 0. The molecule has 0 aliphatic heterocycles. The SMILES string of the molecule is NCCCCCCNNN. The number of unbranched alkanes of at least 4 members (excludes halogenated alkanes) is 3. The van der Waals surface area contributed by atoms with Gasteiger partial charge in [0, 0.05) is 6.54 Å². The van der Waals surface area contributed by atoms with E-state index in [0.29, 0.717) is 0 Å². The first-order valence-electron chi connectivity index (χ1n) is 3.80. The second-order valence-electron chi connectivity index (χ2n) is 2.27. The molecule has 0 bridgehead atoms. The first-order valence-corrected chi connectivity index (χ1v) is 3.80. The molecule has 10 heavy (non-hydrogen) atoms. The molecule has 0 atom stereocenters. The molecule has 0 aliphatic rings. The van der Waals surface area contributed by atoms with Crippen LogP contribution >= 0.6 is 0 Å². The van der Waals surface area contributed by atoms with Gasteiger partial charge in [0.25, 0.3) is 0 Å². The Bertz CT molecular complexity index is 49.7. The highest BCUT2D eigenvalue weighted by Crippen LogP contribution is 1.96. The van der Waals surface area contributed by atoms with E-state index in [0.717, 1.165) is 25.9 Å². The van der Waals surface area contributed by atoms with Crippen LogP contribution < -0.4 is 22.5 Å². The topological polar surface area (TPSA) is 76.1 Å². The smallest absolute Gasteiger partial charge is 0.0113 e. The molecule has 0 unspecified atom stereocenters. The first-order chi connectivity index (χ1) is 4.91. The van der Waals surface area contributed by atoms with Crippen molar-refractivity contribution in [2.24, 2.45) is 11.6 Å². The zero-order chi connectivity index (χ0) is 7.66. The number of hydrazine groups is 2. The van der Waals surface area contributed by atoms with Crippen LogP contribution in [0.15, 0.2) is 0 Å². The number of nitrogens with one attached hydrogen (secondary N) is 2.